The first-order valence-corrected chi connectivity index (χ1v) is 7.85. The van der Waals surface area contributed by atoms with Gasteiger partial charge in [-0.1, -0.05) is 30.1 Å². The summed E-state index contributed by atoms with van der Waals surface area (Å²) in [6.07, 6.45) is 3.09. The van der Waals surface area contributed by atoms with Gasteiger partial charge >= 0.3 is 0 Å². The molecular formula is C15H20Cl2N2O. The molecule has 0 spiro atoms. The average Bonchev–Trinajstić information content (AvgIpc) is 2.45. The van der Waals surface area contributed by atoms with Crippen LogP contribution in [0.4, 0.5) is 0 Å². The van der Waals surface area contributed by atoms with Crippen LogP contribution < -0.4 is 5.32 Å². The molecule has 1 heterocycles. The molecule has 1 aliphatic heterocycles. The van der Waals surface area contributed by atoms with Gasteiger partial charge in [0.1, 0.15) is 0 Å². The molecule has 0 aliphatic carbocycles. The second-order valence-electron chi connectivity index (χ2n) is 5.12. The van der Waals surface area contributed by atoms with Gasteiger partial charge in [-0.15, -0.1) is 0 Å². The number of carbonyl (C=O) groups is 1. The first kappa shape index (κ1) is 15.6. The summed E-state index contributed by atoms with van der Waals surface area (Å²) in [5.74, 6) is 0.00205. The number of amides is 1. The molecule has 1 amide bonds. The Bertz CT molecular complexity index is 473. The molecule has 1 saturated heterocycles. The lowest BCUT2D eigenvalue weighted by atomic mass is 10.0. The fourth-order valence-corrected chi connectivity index (χ4v) is 3.10. The van der Waals surface area contributed by atoms with Crippen LogP contribution in [0.1, 0.15) is 36.5 Å². The van der Waals surface area contributed by atoms with Crippen molar-refractivity contribution in [2.45, 2.75) is 32.2 Å². The van der Waals surface area contributed by atoms with Gasteiger partial charge in [-0.3, -0.25) is 4.79 Å². The molecule has 1 aromatic carbocycles. The summed E-state index contributed by atoms with van der Waals surface area (Å²) in [6.45, 7) is 4.73. The van der Waals surface area contributed by atoms with E-state index < -0.39 is 0 Å². The smallest absolute Gasteiger partial charge is 0.255 e. The number of nitrogens with zero attached hydrogens (tertiary/aromatic N) is 1. The number of piperidine rings is 1. The van der Waals surface area contributed by atoms with E-state index in [9.17, 15) is 4.79 Å². The van der Waals surface area contributed by atoms with Crippen molar-refractivity contribution in [3.63, 3.8) is 0 Å². The third kappa shape index (κ3) is 3.66. The molecule has 1 aromatic rings. The van der Waals surface area contributed by atoms with E-state index >= 15 is 0 Å². The van der Waals surface area contributed by atoms with Crippen LogP contribution in [0.2, 0.25) is 10.0 Å². The van der Waals surface area contributed by atoms with Crippen molar-refractivity contribution < 1.29 is 4.79 Å². The van der Waals surface area contributed by atoms with Crippen molar-refractivity contribution in [1.82, 2.24) is 10.2 Å². The summed E-state index contributed by atoms with van der Waals surface area (Å²) in [5.41, 5.74) is 0.537. The van der Waals surface area contributed by atoms with E-state index in [1.807, 2.05) is 4.90 Å². The minimum atomic E-state index is 0.00205. The third-order valence-corrected chi connectivity index (χ3v) is 4.15. The normalized spacial score (nSPS) is 18.9. The number of halogens is 2. The third-order valence-electron chi connectivity index (χ3n) is 3.60. The summed E-state index contributed by atoms with van der Waals surface area (Å²) in [5, 5.41) is 4.33. The molecule has 2 rings (SSSR count). The van der Waals surface area contributed by atoms with Gasteiger partial charge < -0.3 is 10.2 Å². The first-order valence-electron chi connectivity index (χ1n) is 7.10. The standard InChI is InChI=1S/C15H20Cl2N2O/c1-2-8-19(12-4-3-7-18-10-12)15(20)13-6-5-11(16)9-14(13)17/h5-6,9,12,18H,2-4,7-8,10H2,1H3. The van der Waals surface area contributed by atoms with Crippen molar-refractivity contribution in [2.75, 3.05) is 19.6 Å². The summed E-state index contributed by atoms with van der Waals surface area (Å²) < 4.78 is 0. The van der Waals surface area contributed by atoms with Crippen LogP contribution in [-0.2, 0) is 0 Å². The quantitative estimate of drug-likeness (QED) is 0.921. The predicted molar refractivity (Wildman–Crippen MR) is 83.7 cm³/mol. The van der Waals surface area contributed by atoms with Gasteiger partial charge in [0.2, 0.25) is 0 Å². The molecule has 1 fully saturated rings. The zero-order chi connectivity index (χ0) is 14.5. The molecule has 1 atom stereocenters. The summed E-state index contributed by atoms with van der Waals surface area (Å²) in [7, 11) is 0. The summed E-state index contributed by atoms with van der Waals surface area (Å²) in [6, 6.07) is 5.30. The van der Waals surface area contributed by atoms with E-state index in [2.05, 4.69) is 12.2 Å². The van der Waals surface area contributed by atoms with Crippen molar-refractivity contribution in [3.8, 4) is 0 Å². The Morgan fingerprint density at radius 1 is 1.45 bits per heavy atom. The first-order chi connectivity index (χ1) is 9.63. The Labute approximate surface area is 130 Å². The molecule has 110 valence electrons. The van der Waals surface area contributed by atoms with E-state index in [4.69, 9.17) is 23.2 Å². The Morgan fingerprint density at radius 2 is 2.25 bits per heavy atom. The molecule has 1 N–H and O–H groups in total. The average molecular weight is 315 g/mol. The molecule has 5 heteroatoms. The van der Waals surface area contributed by atoms with Gasteiger partial charge in [0.25, 0.3) is 5.91 Å². The second kappa shape index (κ2) is 7.30. The monoisotopic (exact) mass is 314 g/mol. The van der Waals surface area contributed by atoms with Crippen molar-refractivity contribution in [2.24, 2.45) is 0 Å². The maximum atomic E-state index is 12.7. The summed E-state index contributed by atoms with van der Waals surface area (Å²) in [4.78, 5) is 14.7. The highest BCUT2D eigenvalue weighted by Crippen LogP contribution is 2.24. The molecular weight excluding hydrogens is 295 g/mol. The van der Waals surface area contributed by atoms with Crippen molar-refractivity contribution in [1.29, 1.82) is 0 Å². The molecule has 0 radical (unpaired) electrons. The van der Waals surface area contributed by atoms with Gasteiger partial charge in [-0.25, -0.2) is 0 Å². The van der Waals surface area contributed by atoms with Crippen molar-refractivity contribution >= 4 is 29.1 Å². The number of hydrogen-bond donors (Lipinski definition) is 1. The van der Waals surface area contributed by atoms with Gasteiger partial charge in [-0.05, 0) is 44.0 Å². The van der Waals surface area contributed by atoms with Crippen molar-refractivity contribution in [3.05, 3.63) is 33.8 Å². The van der Waals surface area contributed by atoms with E-state index in [0.29, 0.717) is 15.6 Å². The van der Waals surface area contributed by atoms with Crippen LogP contribution in [0.5, 0.6) is 0 Å². The van der Waals surface area contributed by atoms with Crippen LogP contribution >= 0.6 is 23.2 Å². The molecule has 1 aliphatic rings. The number of benzene rings is 1. The maximum absolute atomic E-state index is 12.7. The molecule has 1 unspecified atom stereocenters. The number of nitrogens with one attached hydrogen (secondary N) is 1. The lowest BCUT2D eigenvalue weighted by molar-refractivity contribution is 0.0649. The molecule has 0 bridgehead atoms. The largest absolute Gasteiger partial charge is 0.334 e. The highest BCUT2D eigenvalue weighted by molar-refractivity contribution is 6.36. The van der Waals surface area contributed by atoms with E-state index in [0.717, 1.165) is 38.9 Å². The minimum absolute atomic E-state index is 0.00205. The number of rotatable bonds is 4. The Kier molecular flexibility index (Phi) is 5.70. The van der Waals surface area contributed by atoms with Gasteiger partial charge in [-0.2, -0.15) is 0 Å². The van der Waals surface area contributed by atoms with Crippen LogP contribution in [0.25, 0.3) is 0 Å². The molecule has 3 nitrogen and oxygen atoms in total. The fourth-order valence-electron chi connectivity index (χ4n) is 2.61. The molecule has 0 aromatic heterocycles. The zero-order valence-electron chi connectivity index (χ0n) is 11.7. The highest BCUT2D eigenvalue weighted by atomic mass is 35.5. The topological polar surface area (TPSA) is 32.3 Å². The second-order valence-corrected chi connectivity index (χ2v) is 5.97. The van der Waals surface area contributed by atoms with E-state index in [1.54, 1.807) is 18.2 Å². The maximum Gasteiger partial charge on any atom is 0.255 e. The van der Waals surface area contributed by atoms with Gasteiger partial charge in [0.05, 0.1) is 10.6 Å². The van der Waals surface area contributed by atoms with Gasteiger partial charge in [0, 0.05) is 24.2 Å². The van der Waals surface area contributed by atoms with E-state index in [-0.39, 0.29) is 11.9 Å². The number of carbonyl (C=O) groups excluding carboxylic acids is 1. The zero-order valence-corrected chi connectivity index (χ0v) is 13.2. The fraction of sp³-hybridized carbons (Fsp3) is 0.533. The summed E-state index contributed by atoms with van der Waals surface area (Å²) >= 11 is 12.1. The predicted octanol–water partition coefficient (Wildman–Crippen LogP) is 3.60. The van der Waals surface area contributed by atoms with E-state index in [1.165, 1.54) is 0 Å². The Hall–Kier alpha value is -0.770. The molecule has 20 heavy (non-hydrogen) atoms. The molecule has 0 saturated carbocycles. The van der Waals surface area contributed by atoms with Crippen LogP contribution in [-0.4, -0.2) is 36.5 Å². The van der Waals surface area contributed by atoms with Crippen LogP contribution in [0, 0.1) is 0 Å². The Balaban J connectivity index is 2.21. The SMILES string of the molecule is CCCN(C(=O)c1ccc(Cl)cc1Cl)C1CCCNC1. The lowest BCUT2D eigenvalue weighted by Crippen LogP contribution is -2.49. The van der Waals surface area contributed by atoms with Crippen LogP contribution in [0.3, 0.4) is 0 Å². The lowest BCUT2D eigenvalue weighted by Gasteiger charge is -2.35. The van der Waals surface area contributed by atoms with Crippen LogP contribution in [0.15, 0.2) is 18.2 Å². The minimum Gasteiger partial charge on any atom is -0.334 e. The van der Waals surface area contributed by atoms with Gasteiger partial charge in [0.15, 0.2) is 0 Å². The number of hydrogen-bond acceptors (Lipinski definition) is 2. The Morgan fingerprint density at radius 3 is 2.85 bits per heavy atom. The highest BCUT2D eigenvalue weighted by Gasteiger charge is 2.26.